The van der Waals surface area contributed by atoms with E-state index < -0.39 is 23.5 Å². The summed E-state index contributed by atoms with van der Waals surface area (Å²) in [6.45, 7) is 7.49. The van der Waals surface area contributed by atoms with Crippen LogP contribution >= 0.6 is 0 Å². The molecule has 1 amide bonds. The van der Waals surface area contributed by atoms with E-state index in [1.165, 1.54) is 17.0 Å². The molecule has 0 unspecified atom stereocenters. The van der Waals surface area contributed by atoms with Crippen molar-refractivity contribution in [1.29, 1.82) is 5.26 Å². The van der Waals surface area contributed by atoms with E-state index in [4.69, 9.17) is 9.72 Å². The van der Waals surface area contributed by atoms with Gasteiger partial charge in [0.2, 0.25) is 5.88 Å². The van der Waals surface area contributed by atoms with Crippen LogP contribution in [0.3, 0.4) is 0 Å². The molecule has 2 aromatic rings. The van der Waals surface area contributed by atoms with Crippen LogP contribution in [-0.4, -0.2) is 79.2 Å². The predicted molar refractivity (Wildman–Crippen MR) is 150 cm³/mol. The van der Waals surface area contributed by atoms with Gasteiger partial charge in [-0.3, -0.25) is 4.79 Å². The normalized spacial score (nSPS) is 21.2. The van der Waals surface area contributed by atoms with Crippen LogP contribution < -0.4 is 14.5 Å². The van der Waals surface area contributed by atoms with E-state index in [1.807, 2.05) is 11.9 Å². The number of fused-ring (bicyclic) bond motifs is 1. The number of alkyl halides is 3. The number of halogens is 4. The average Bonchev–Trinajstić information content (AvgIpc) is 3.38. The number of pyridine rings is 1. The third-order valence-corrected chi connectivity index (χ3v) is 8.48. The third-order valence-electron chi connectivity index (χ3n) is 8.48. The molecular formula is C30H34F4N6O2. The fourth-order valence-electron chi connectivity index (χ4n) is 6.27. The first-order valence-corrected chi connectivity index (χ1v) is 14.1. The topological polar surface area (TPSA) is 75.9 Å². The van der Waals surface area contributed by atoms with Gasteiger partial charge in [0, 0.05) is 49.5 Å². The highest BCUT2D eigenvalue weighted by molar-refractivity contribution is 5.91. The van der Waals surface area contributed by atoms with E-state index in [9.17, 15) is 27.6 Å². The van der Waals surface area contributed by atoms with Gasteiger partial charge >= 0.3 is 6.18 Å². The number of piperazine rings is 1. The second-order valence-electron chi connectivity index (χ2n) is 11.2. The van der Waals surface area contributed by atoms with E-state index in [-0.39, 0.29) is 42.3 Å². The van der Waals surface area contributed by atoms with Crippen molar-refractivity contribution < 1.29 is 27.1 Å². The van der Waals surface area contributed by atoms with E-state index in [2.05, 4.69) is 17.5 Å². The van der Waals surface area contributed by atoms with Gasteiger partial charge < -0.3 is 24.3 Å². The Kier molecular flexibility index (Phi) is 8.32. The van der Waals surface area contributed by atoms with E-state index in [0.717, 1.165) is 31.0 Å². The molecule has 0 N–H and O–H groups in total. The lowest BCUT2D eigenvalue weighted by Gasteiger charge is -2.42. The summed E-state index contributed by atoms with van der Waals surface area (Å²) in [6.07, 6.45) is -2.16. The number of likely N-dealkylation sites (tertiary alicyclic amines) is 1. The van der Waals surface area contributed by atoms with Gasteiger partial charge in [0.1, 0.15) is 18.2 Å². The maximum Gasteiger partial charge on any atom is 0.418 e. The first-order chi connectivity index (χ1) is 20.0. The summed E-state index contributed by atoms with van der Waals surface area (Å²) >= 11 is 0. The number of carbonyl (C=O) groups is 1. The predicted octanol–water partition coefficient (Wildman–Crippen LogP) is 4.53. The number of benzene rings is 1. The molecule has 0 saturated carbocycles. The Morgan fingerprint density at radius 2 is 1.95 bits per heavy atom. The molecule has 0 bridgehead atoms. The van der Waals surface area contributed by atoms with Crippen LogP contribution in [0.1, 0.15) is 42.1 Å². The molecule has 2 saturated heterocycles. The van der Waals surface area contributed by atoms with Crippen LogP contribution in [0.25, 0.3) is 0 Å². The number of carbonyl (C=O) groups excluding carboxylic acids is 1. The summed E-state index contributed by atoms with van der Waals surface area (Å²) in [7, 11) is 2.02. The molecule has 3 aliphatic rings. The van der Waals surface area contributed by atoms with Gasteiger partial charge in [-0.05, 0) is 51.9 Å². The number of anilines is 2. The van der Waals surface area contributed by atoms with Crippen LogP contribution in [-0.2, 0) is 23.9 Å². The maximum absolute atomic E-state index is 13.9. The number of nitriles is 1. The smallest absolute Gasteiger partial charge is 0.418 e. The van der Waals surface area contributed by atoms with E-state index >= 15 is 0 Å². The number of aromatic nitrogens is 1. The number of ether oxygens (including phenoxy) is 1. The van der Waals surface area contributed by atoms with Gasteiger partial charge in [-0.25, -0.2) is 9.37 Å². The van der Waals surface area contributed by atoms with Crippen LogP contribution in [0, 0.1) is 11.3 Å². The molecule has 12 heteroatoms. The first-order valence-electron chi connectivity index (χ1n) is 14.1. The van der Waals surface area contributed by atoms with Gasteiger partial charge in [0.15, 0.2) is 5.83 Å². The Morgan fingerprint density at radius 3 is 2.60 bits per heavy atom. The van der Waals surface area contributed by atoms with Crippen LogP contribution in [0.4, 0.5) is 28.9 Å². The molecule has 0 aliphatic carbocycles. The summed E-state index contributed by atoms with van der Waals surface area (Å²) in [6, 6.07) is 7.56. The second kappa shape index (κ2) is 11.8. The lowest BCUT2D eigenvalue weighted by Crippen LogP contribution is -2.54. The third kappa shape index (κ3) is 5.75. The monoisotopic (exact) mass is 586 g/mol. The van der Waals surface area contributed by atoms with E-state index in [0.29, 0.717) is 44.0 Å². The van der Waals surface area contributed by atoms with Crippen molar-refractivity contribution in [2.24, 2.45) is 0 Å². The van der Waals surface area contributed by atoms with Gasteiger partial charge in [0.25, 0.3) is 5.91 Å². The first kappa shape index (κ1) is 29.6. The van der Waals surface area contributed by atoms with Crippen LogP contribution in [0.5, 0.6) is 5.88 Å². The van der Waals surface area contributed by atoms with Crippen molar-refractivity contribution in [3.63, 3.8) is 0 Å². The molecule has 1 aromatic heterocycles. The summed E-state index contributed by atoms with van der Waals surface area (Å²) in [5.74, 6) is -1.63. The Balaban J connectivity index is 1.53. The van der Waals surface area contributed by atoms with Crippen LogP contribution in [0.15, 0.2) is 36.7 Å². The molecule has 224 valence electrons. The Morgan fingerprint density at radius 1 is 1.19 bits per heavy atom. The molecule has 3 aliphatic heterocycles. The Labute approximate surface area is 242 Å². The molecule has 42 heavy (non-hydrogen) atoms. The minimum absolute atomic E-state index is 0.0746. The Bertz CT molecular complexity index is 1410. The summed E-state index contributed by atoms with van der Waals surface area (Å²) in [4.78, 5) is 24.3. The lowest BCUT2D eigenvalue weighted by atomic mass is 9.96. The molecular weight excluding hydrogens is 552 g/mol. The van der Waals surface area contributed by atoms with Crippen molar-refractivity contribution in [3.8, 4) is 11.9 Å². The number of rotatable bonds is 6. The number of nitrogens with zero attached hydrogens (tertiary/aromatic N) is 6. The van der Waals surface area contributed by atoms with Crippen LogP contribution in [0.2, 0.25) is 0 Å². The molecule has 5 rings (SSSR count). The lowest BCUT2D eigenvalue weighted by molar-refractivity contribution is -0.137. The van der Waals surface area contributed by atoms with Gasteiger partial charge in [-0.1, -0.05) is 18.7 Å². The standard InChI is InChI=1S/C30H34F4N6O2/c1-19-16-39(13-14-40(19)29(41)20(2)31)27-22-10-12-38(26-9-5-4-8-24(26)30(32,33)34)17-25(22)36-28(23(27)15-35)42-18-21-7-6-11-37(21)3/h4-5,8-9,19,21H,2,6-7,10-14,16-18H2,1,3H3/t19-,21-/m0/s1. The fraction of sp³-hybridized carbons (Fsp3) is 0.500. The van der Waals surface area contributed by atoms with Crippen molar-refractivity contribution in [1.82, 2.24) is 14.8 Å². The molecule has 0 spiro atoms. The van der Waals surface area contributed by atoms with Crippen molar-refractivity contribution >= 4 is 17.3 Å². The fourth-order valence-corrected chi connectivity index (χ4v) is 6.27. The SMILES string of the molecule is C=C(F)C(=O)N1CCN(c2c(C#N)c(OC[C@@H]3CCCN3C)nc3c2CCN(c2ccccc2C(F)(F)F)C3)C[C@@H]1C. The number of likely N-dealkylation sites (N-methyl/N-ethyl adjacent to an activating group) is 1. The molecule has 4 heterocycles. The van der Waals surface area contributed by atoms with Crippen molar-refractivity contribution in [2.75, 3.05) is 56.2 Å². The van der Waals surface area contributed by atoms with Gasteiger partial charge in [-0.15, -0.1) is 0 Å². The van der Waals surface area contributed by atoms with Crippen molar-refractivity contribution in [2.45, 2.75) is 51.0 Å². The van der Waals surface area contributed by atoms with Gasteiger partial charge in [-0.2, -0.15) is 18.4 Å². The maximum atomic E-state index is 13.9. The average molecular weight is 587 g/mol. The number of para-hydroxylation sites is 1. The summed E-state index contributed by atoms with van der Waals surface area (Å²) < 4.78 is 61.4. The molecule has 0 radical (unpaired) electrons. The molecule has 8 nitrogen and oxygen atoms in total. The minimum Gasteiger partial charge on any atom is -0.475 e. The quantitative estimate of drug-likeness (QED) is 0.364. The van der Waals surface area contributed by atoms with Crippen molar-refractivity contribution in [3.05, 3.63) is 59.1 Å². The zero-order valence-corrected chi connectivity index (χ0v) is 23.8. The summed E-state index contributed by atoms with van der Waals surface area (Å²) in [5, 5.41) is 10.3. The Hall–Kier alpha value is -3.85. The number of hydrogen-bond donors (Lipinski definition) is 0. The largest absolute Gasteiger partial charge is 0.475 e. The summed E-state index contributed by atoms with van der Waals surface area (Å²) in [5.41, 5.74) is 1.57. The zero-order chi connectivity index (χ0) is 30.2. The molecule has 2 atom stereocenters. The van der Waals surface area contributed by atoms with E-state index in [1.54, 1.807) is 17.9 Å². The number of hydrogen-bond acceptors (Lipinski definition) is 7. The van der Waals surface area contributed by atoms with Gasteiger partial charge in [0.05, 0.1) is 23.5 Å². The highest BCUT2D eigenvalue weighted by Crippen LogP contribution is 2.41. The second-order valence-corrected chi connectivity index (χ2v) is 11.2. The highest BCUT2D eigenvalue weighted by atomic mass is 19.4. The minimum atomic E-state index is -4.51. The number of amides is 1. The zero-order valence-electron chi connectivity index (χ0n) is 23.8. The highest BCUT2D eigenvalue weighted by Gasteiger charge is 2.38. The molecule has 1 aromatic carbocycles. The molecule has 2 fully saturated rings.